The van der Waals surface area contributed by atoms with Crippen LogP contribution in [0.15, 0.2) is 53.4 Å². The van der Waals surface area contributed by atoms with Crippen LogP contribution < -0.4 is 11.1 Å². The molecule has 0 spiro atoms. The minimum atomic E-state index is -0.987. The van der Waals surface area contributed by atoms with Gasteiger partial charge in [-0.25, -0.2) is 4.79 Å². The number of benzene rings is 2. The maximum Gasteiger partial charge on any atom is 0.340 e. The summed E-state index contributed by atoms with van der Waals surface area (Å²) in [5.41, 5.74) is 7.25. The van der Waals surface area contributed by atoms with E-state index in [0.717, 1.165) is 17.3 Å². The molecule has 3 N–H and O–H groups in total. The lowest BCUT2D eigenvalue weighted by Gasteiger charge is -2.19. The lowest BCUT2D eigenvalue weighted by atomic mass is 9.87. The highest BCUT2D eigenvalue weighted by Crippen LogP contribution is 2.25. The summed E-state index contributed by atoms with van der Waals surface area (Å²) in [6.45, 7) is 7.85. The average molecular weight is 415 g/mol. The van der Waals surface area contributed by atoms with E-state index in [1.165, 1.54) is 6.92 Å². The van der Waals surface area contributed by atoms with Gasteiger partial charge in [-0.2, -0.15) is 0 Å². The van der Waals surface area contributed by atoms with Crippen molar-refractivity contribution in [2.75, 3.05) is 11.1 Å². The van der Waals surface area contributed by atoms with E-state index in [9.17, 15) is 14.4 Å². The maximum atomic E-state index is 12.5. The molecule has 0 aliphatic heterocycles. The van der Waals surface area contributed by atoms with Gasteiger partial charge in [0.25, 0.3) is 5.91 Å². The predicted octanol–water partition coefficient (Wildman–Crippen LogP) is 3.75. The van der Waals surface area contributed by atoms with E-state index in [0.29, 0.717) is 10.6 Å². The number of anilines is 1. The Morgan fingerprint density at radius 2 is 1.69 bits per heavy atom. The van der Waals surface area contributed by atoms with E-state index in [-0.39, 0.29) is 16.7 Å². The van der Waals surface area contributed by atoms with Gasteiger partial charge < -0.3 is 15.8 Å². The van der Waals surface area contributed by atoms with Crippen molar-refractivity contribution < 1.29 is 19.1 Å². The topological polar surface area (TPSA) is 98.5 Å². The van der Waals surface area contributed by atoms with E-state index in [1.54, 1.807) is 24.3 Å². The van der Waals surface area contributed by atoms with E-state index >= 15 is 0 Å². The van der Waals surface area contributed by atoms with Crippen LogP contribution in [-0.4, -0.2) is 29.6 Å². The summed E-state index contributed by atoms with van der Waals surface area (Å²) in [7, 11) is 0. The van der Waals surface area contributed by atoms with E-state index < -0.39 is 23.9 Å². The highest BCUT2D eigenvalue weighted by Gasteiger charge is 2.21. The quantitative estimate of drug-likeness (QED) is 0.531. The van der Waals surface area contributed by atoms with Crippen LogP contribution in [0.2, 0.25) is 0 Å². The summed E-state index contributed by atoms with van der Waals surface area (Å²) in [4.78, 5) is 36.5. The van der Waals surface area contributed by atoms with Crippen LogP contribution in [0, 0.1) is 0 Å². The third kappa shape index (κ3) is 6.64. The Morgan fingerprint density at radius 1 is 1.07 bits per heavy atom. The molecular formula is C22H26N2O4S. The molecule has 154 valence electrons. The number of hydrogen-bond acceptors (Lipinski definition) is 5. The first-order valence-corrected chi connectivity index (χ1v) is 10.2. The number of hydrogen-bond donors (Lipinski definition) is 2. The zero-order chi connectivity index (χ0) is 21.6. The highest BCUT2D eigenvalue weighted by atomic mass is 32.2. The normalized spacial score (nSPS) is 12.1. The molecule has 29 heavy (non-hydrogen) atoms. The van der Waals surface area contributed by atoms with Crippen molar-refractivity contribution in [3.63, 3.8) is 0 Å². The first-order valence-electron chi connectivity index (χ1n) is 9.20. The average Bonchev–Trinajstić information content (AvgIpc) is 2.66. The first kappa shape index (κ1) is 22.5. The third-order valence-corrected chi connectivity index (χ3v) is 5.24. The van der Waals surface area contributed by atoms with Crippen molar-refractivity contribution in [2.24, 2.45) is 5.73 Å². The van der Waals surface area contributed by atoms with Gasteiger partial charge in [0.2, 0.25) is 5.91 Å². The van der Waals surface area contributed by atoms with Crippen LogP contribution >= 0.6 is 11.8 Å². The Balaban J connectivity index is 2.01. The van der Waals surface area contributed by atoms with E-state index in [1.807, 2.05) is 24.3 Å². The molecule has 2 amide bonds. The molecule has 6 nitrogen and oxygen atoms in total. The van der Waals surface area contributed by atoms with Crippen LogP contribution in [-0.2, 0) is 19.7 Å². The lowest BCUT2D eigenvalue weighted by molar-refractivity contribution is -0.123. The number of carbonyl (C=O) groups is 3. The Hall–Kier alpha value is -2.80. The fourth-order valence-corrected chi connectivity index (χ4v) is 3.26. The highest BCUT2D eigenvalue weighted by molar-refractivity contribution is 8.00. The summed E-state index contributed by atoms with van der Waals surface area (Å²) in [6.07, 6.45) is -0.987. The van der Waals surface area contributed by atoms with E-state index in [2.05, 4.69) is 26.1 Å². The number of esters is 1. The molecule has 0 aromatic heterocycles. The van der Waals surface area contributed by atoms with Gasteiger partial charge in [0.15, 0.2) is 6.10 Å². The minimum Gasteiger partial charge on any atom is -0.449 e. The number of carbonyl (C=O) groups excluding carboxylic acids is 3. The van der Waals surface area contributed by atoms with Crippen molar-refractivity contribution in [3.05, 3.63) is 59.7 Å². The SMILES string of the molecule is CC(OC(=O)c1ccccc1SCC(N)=O)C(=O)Nc1ccc(C(C)(C)C)cc1. The Bertz CT molecular complexity index is 888. The molecule has 0 radical (unpaired) electrons. The molecule has 7 heteroatoms. The summed E-state index contributed by atoms with van der Waals surface area (Å²) < 4.78 is 5.32. The fourth-order valence-electron chi connectivity index (χ4n) is 2.49. The van der Waals surface area contributed by atoms with Crippen molar-refractivity contribution in [3.8, 4) is 0 Å². The number of nitrogens with one attached hydrogen (secondary N) is 1. The Morgan fingerprint density at radius 3 is 2.28 bits per heavy atom. The van der Waals surface area contributed by atoms with Crippen molar-refractivity contribution in [1.29, 1.82) is 0 Å². The molecule has 0 saturated carbocycles. The number of rotatable bonds is 7. The Kier molecular flexibility index (Phi) is 7.45. The van der Waals surface area contributed by atoms with Crippen LogP contribution in [0.4, 0.5) is 5.69 Å². The molecule has 2 aromatic rings. The van der Waals surface area contributed by atoms with Gasteiger partial charge in [0, 0.05) is 10.6 Å². The maximum absolute atomic E-state index is 12.5. The van der Waals surface area contributed by atoms with Crippen LogP contribution in [0.5, 0.6) is 0 Å². The molecule has 0 bridgehead atoms. The molecule has 1 atom stereocenters. The molecule has 0 saturated heterocycles. The smallest absolute Gasteiger partial charge is 0.340 e. The standard InChI is InChI=1S/C22H26N2O4S/c1-14(20(26)24-16-11-9-15(10-12-16)22(2,3)4)28-21(27)17-7-5-6-8-18(17)29-13-19(23)25/h5-12,14H,13H2,1-4H3,(H2,23,25)(H,24,26). The van der Waals surface area contributed by atoms with Crippen molar-refractivity contribution in [2.45, 2.75) is 44.1 Å². The summed E-state index contributed by atoms with van der Waals surface area (Å²) in [5, 5.41) is 2.75. The zero-order valence-electron chi connectivity index (χ0n) is 17.0. The van der Waals surface area contributed by atoms with Gasteiger partial charge in [0.05, 0.1) is 11.3 Å². The second-order valence-electron chi connectivity index (χ2n) is 7.62. The number of amides is 2. The molecule has 0 heterocycles. The van der Waals surface area contributed by atoms with Gasteiger partial charge in [-0.05, 0) is 42.2 Å². The molecular weight excluding hydrogens is 388 g/mol. The number of nitrogens with two attached hydrogens (primary N) is 1. The number of primary amides is 1. The third-order valence-electron chi connectivity index (χ3n) is 4.15. The predicted molar refractivity (Wildman–Crippen MR) is 115 cm³/mol. The molecule has 2 aromatic carbocycles. The van der Waals surface area contributed by atoms with Crippen LogP contribution in [0.1, 0.15) is 43.6 Å². The monoisotopic (exact) mass is 414 g/mol. The minimum absolute atomic E-state index is 0.0191. The van der Waals surface area contributed by atoms with Gasteiger partial charge in [0.1, 0.15) is 0 Å². The number of thioether (sulfide) groups is 1. The largest absolute Gasteiger partial charge is 0.449 e. The lowest BCUT2D eigenvalue weighted by Crippen LogP contribution is -2.30. The summed E-state index contributed by atoms with van der Waals surface area (Å²) in [5.74, 6) is -1.50. The van der Waals surface area contributed by atoms with Gasteiger partial charge in [-0.15, -0.1) is 11.8 Å². The first-order chi connectivity index (χ1) is 13.6. The second-order valence-corrected chi connectivity index (χ2v) is 8.63. The van der Waals surface area contributed by atoms with Gasteiger partial charge in [-0.1, -0.05) is 45.0 Å². The molecule has 0 fully saturated rings. The molecule has 0 aliphatic carbocycles. The van der Waals surface area contributed by atoms with Crippen molar-refractivity contribution in [1.82, 2.24) is 0 Å². The van der Waals surface area contributed by atoms with Gasteiger partial charge in [-0.3, -0.25) is 9.59 Å². The van der Waals surface area contributed by atoms with Gasteiger partial charge >= 0.3 is 5.97 Å². The molecule has 1 unspecified atom stereocenters. The molecule has 0 aliphatic rings. The summed E-state index contributed by atoms with van der Waals surface area (Å²) >= 11 is 1.15. The van der Waals surface area contributed by atoms with Crippen LogP contribution in [0.25, 0.3) is 0 Å². The Labute approximate surface area is 175 Å². The second kappa shape index (κ2) is 9.60. The van der Waals surface area contributed by atoms with Crippen molar-refractivity contribution >= 4 is 35.2 Å². The molecule has 2 rings (SSSR count). The fraction of sp³-hybridized carbons (Fsp3) is 0.318. The van der Waals surface area contributed by atoms with Crippen LogP contribution in [0.3, 0.4) is 0 Å². The van der Waals surface area contributed by atoms with E-state index in [4.69, 9.17) is 10.5 Å². The summed E-state index contributed by atoms with van der Waals surface area (Å²) in [6, 6.07) is 14.3. The number of ether oxygens (including phenoxy) is 1. The zero-order valence-corrected chi connectivity index (χ0v) is 17.8.